The molecule has 3 nitrogen and oxygen atoms in total. The first-order valence-corrected chi connectivity index (χ1v) is 6.49. The topological polar surface area (TPSA) is 41.1 Å². The zero-order chi connectivity index (χ0) is 13.1. The normalized spacial score (nSPS) is 15.7. The molecule has 1 fully saturated rings. The summed E-state index contributed by atoms with van der Waals surface area (Å²) >= 11 is 11.5. The summed E-state index contributed by atoms with van der Waals surface area (Å²) in [6.45, 7) is 1.74. The zero-order valence-electron chi connectivity index (χ0n) is 10.0. The van der Waals surface area contributed by atoms with Crippen LogP contribution in [0.15, 0.2) is 12.1 Å². The Morgan fingerprint density at radius 3 is 2.53 bits per heavy atom. The van der Waals surface area contributed by atoms with Gasteiger partial charge in [-0.15, -0.1) is 12.4 Å². The van der Waals surface area contributed by atoms with Gasteiger partial charge in [0.15, 0.2) is 0 Å². The van der Waals surface area contributed by atoms with Crippen LogP contribution in [0.1, 0.15) is 23.2 Å². The molecule has 0 bridgehead atoms. The summed E-state index contributed by atoms with van der Waals surface area (Å²) in [6, 6.07) is 2.42. The van der Waals surface area contributed by atoms with Crippen LogP contribution >= 0.6 is 35.6 Å². The van der Waals surface area contributed by atoms with E-state index in [4.69, 9.17) is 23.2 Å². The number of nitrogens with one attached hydrogen (secondary N) is 2. The summed E-state index contributed by atoms with van der Waals surface area (Å²) in [7, 11) is 0. The minimum atomic E-state index is -0.642. The van der Waals surface area contributed by atoms with Gasteiger partial charge in [0.2, 0.25) is 0 Å². The van der Waals surface area contributed by atoms with Crippen molar-refractivity contribution < 1.29 is 9.18 Å². The first kappa shape index (κ1) is 16.5. The van der Waals surface area contributed by atoms with E-state index in [2.05, 4.69) is 10.6 Å². The van der Waals surface area contributed by atoms with E-state index in [1.165, 1.54) is 6.07 Å². The van der Waals surface area contributed by atoms with Gasteiger partial charge in [0.1, 0.15) is 5.82 Å². The Balaban J connectivity index is 0.00000180. The standard InChI is InChI=1S/C12H13Cl2FN2O.ClH/c13-9-6-10(14)11(15)5-8(9)12(18)17-7-1-3-16-4-2-7;/h5-7,16H,1-4H2,(H,17,18);1H. The van der Waals surface area contributed by atoms with Crippen LogP contribution in [0.3, 0.4) is 0 Å². The largest absolute Gasteiger partial charge is 0.349 e. The number of benzene rings is 1. The molecule has 1 amide bonds. The van der Waals surface area contributed by atoms with E-state index in [1.54, 1.807) is 0 Å². The average molecular weight is 328 g/mol. The third-order valence-electron chi connectivity index (χ3n) is 2.93. The average Bonchev–Trinajstić information content (AvgIpc) is 2.35. The number of carbonyl (C=O) groups excluding carboxylic acids is 1. The fourth-order valence-corrected chi connectivity index (χ4v) is 2.39. The van der Waals surface area contributed by atoms with Crippen LogP contribution in [-0.2, 0) is 0 Å². The second kappa shape index (κ2) is 7.29. The first-order valence-electron chi connectivity index (χ1n) is 5.74. The van der Waals surface area contributed by atoms with Crippen LogP contribution in [-0.4, -0.2) is 25.0 Å². The van der Waals surface area contributed by atoms with Crippen LogP contribution in [0.5, 0.6) is 0 Å². The Hall–Kier alpha value is -0.550. The van der Waals surface area contributed by atoms with E-state index in [-0.39, 0.29) is 40.0 Å². The van der Waals surface area contributed by atoms with E-state index in [0.29, 0.717) is 0 Å². The van der Waals surface area contributed by atoms with Crippen LogP contribution in [0.4, 0.5) is 4.39 Å². The summed E-state index contributed by atoms with van der Waals surface area (Å²) in [6.07, 6.45) is 1.72. The SMILES string of the molecule is Cl.O=C(NC1CCNCC1)c1cc(F)c(Cl)cc1Cl. The molecule has 2 rings (SSSR count). The lowest BCUT2D eigenvalue weighted by molar-refractivity contribution is 0.0929. The van der Waals surface area contributed by atoms with Gasteiger partial charge in [-0.2, -0.15) is 0 Å². The van der Waals surface area contributed by atoms with Gasteiger partial charge in [-0.25, -0.2) is 4.39 Å². The van der Waals surface area contributed by atoms with Crippen molar-refractivity contribution in [2.45, 2.75) is 18.9 Å². The summed E-state index contributed by atoms with van der Waals surface area (Å²) in [5.41, 5.74) is 0.122. The minimum Gasteiger partial charge on any atom is -0.349 e. The van der Waals surface area contributed by atoms with Gasteiger partial charge < -0.3 is 10.6 Å². The Labute approximate surface area is 127 Å². The van der Waals surface area contributed by atoms with Gasteiger partial charge in [-0.1, -0.05) is 23.2 Å². The molecule has 7 heteroatoms. The van der Waals surface area contributed by atoms with E-state index in [0.717, 1.165) is 32.0 Å². The van der Waals surface area contributed by atoms with E-state index >= 15 is 0 Å². The van der Waals surface area contributed by atoms with Crippen molar-refractivity contribution in [2.75, 3.05) is 13.1 Å². The molecule has 1 heterocycles. The molecule has 0 saturated carbocycles. The van der Waals surface area contributed by atoms with Crippen molar-refractivity contribution in [3.63, 3.8) is 0 Å². The van der Waals surface area contributed by atoms with Gasteiger partial charge in [0, 0.05) is 6.04 Å². The van der Waals surface area contributed by atoms with Gasteiger partial charge in [0.25, 0.3) is 5.91 Å². The molecule has 1 aromatic rings. The quantitative estimate of drug-likeness (QED) is 0.820. The van der Waals surface area contributed by atoms with Crippen molar-refractivity contribution in [1.82, 2.24) is 10.6 Å². The first-order chi connectivity index (χ1) is 8.58. The Bertz CT molecular complexity index is 465. The second-order valence-electron chi connectivity index (χ2n) is 4.24. The maximum absolute atomic E-state index is 13.3. The predicted molar refractivity (Wildman–Crippen MR) is 77.0 cm³/mol. The Morgan fingerprint density at radius 1 is 1.26 bits per heavy atom. The van der Waals surface area contributed by atoms with E-state index in [1.807, 2.05) is 0 Å². The third-order valence-corrected chi connectivity index (χ3v) is 3.53. The maximum Gasteiger partial charge on any atom is 0.253 e. The van der Waals surface area contributed by atoms with Crippen molar-refractivity contribution in [2.24, 2.45) is 0 Å². The molecule has 0 aromatic heterocycles. The number of piperidine rings is 1. The molecule has 19 heavy (non-hydrogen) atoms. The Kier molecular flexibility index (Phi) is 6.33. The highest BCUT2D eigenvalue weighted by Crippen LogP contribution is 2.24. The lowest BCUT2D eigenvalue weighted by Crippen LogP contribution is -2.42. The zero-order valence-corrected chi connectivity index (χ0v) is 12.3. The van der Waals surface area contributed by atoms with Crippen molar-refractivity contribution in [3.05, 3.63) is 33.6 Å². The van der Waals surface area contributed by atoms with Gasteiger partial charge >= 0.3 is 0 Å². The number of carbonyl (C=O) groups is 1. The molecular formula is C12H14Cl3FN2O. The van der Waals surface area contributed by atoms with E-state index < -0.39 is 5.82 Å². The monoisotopic (exact) mass is 326 g/mol. The Morgan fingerprint density at radius 2 is 1.89 bits per heavy atom. The summed E-state index contributed by atoms with van der Waals surface area (Å²) in [4.78, 5) is 12.0. The van der Waals surface area contributed by atoms with Gasteiger partial charge in [0.05, 0.1) is 15.6 Å². The summed E-state index contributed by atoms with van der Waals surface area (Å²) < 4.78 is 13.3. The van der Waals surface area contributed by atoms with Crippen LogP contribution in [0.2, 0.25) is 10.0 Å². The molecule has 1 saturated heterocycles. The highest BCUT2D eigenvalue weighted by atomic mass is 35.5. The molecule has 106 valence electrons. The van der Waals surface area contributed by atoms with Crippen molar-refractivity contribution >= 4 is 41.5 Å². The van der Waals surface area contributed by atoms with Crippen LogP contribution < -0.4 is 10.6 Å². The number of rotatable bonds is 2. The van der Waals surface area contributed by atoms with E-state index in [9.17, 15) is 9.18 Å². The van der Waals surface area contributed by atoms with Crippen LogP contribution in [0.25, 0.3) is 0 Å². The third kappa shape index (κ3) is 4.21. The molecule has 1 aliphatic heterocycles. The molecule has 1 aromatic carbocycles. The highest BCUT2D eigenvalue weighted by molar-refractivity contribution is 6.36. The molecule has 0 aliphatic carbocycles. The van der Waals surface area contributed by atoms with Gasteiger partial charge in [-0.3, -0.25) is 4.79 Å². The molecule has 0 atom stereocenters. The minimum absolute atomic E-state index is 0. The fraction of sp³-hybridized carbons (Fsp3) is 0.417. The van der Waals surface area contributed by atoms with Gasteiger partial charge in [-0.05, 0) is 38.1 Å². The summed E-state index contributed by atoms with van der Waals surface area (Å²) in [5.74, 6) is -1.00. The number of halogens is 4. The molecule has 2 N–H and O–H groups in total. The molecule has 0 unspecified atom stereocenters. The molecule has 0 radical (unpaired) electrons. The maximum atomic E-state index is 13.3. The lowest BCUT2D eigenvalue weighted by atomic mass is 10.1. The number of hydrogen-bond acceptors (Lipinski definition) is 2. The lowest BCUT2D eigenvalue weighted by Gasteiger charge is -2.23. The fourth-order valence-electron chi connectivity index (χ4n) is 1.93. The smallest absolute Gasteiger partial charge is 0.253 e. The predicted octanol–water partition coefficient (Wildman–Crippen LogP) is 3.04. The number of amides is 1. The molecule has 1 aliphatic rings. The van der Waals surface area contributed by atoms with Crippen molar-refractivity contribution in [1.29, 1.82) is 0 Å². The second-order valence-corrected chi connectivity index (χ2v) is 5.06. The molecular weight excluding hydrogens is 314 g/mol. The number of hydrogen-bond donors (Lipinski definition) is 2. The van der Waals surface area contributed by atoms with Crippen molar-refractivity contribution in [3.8, 4) is 0 Å². The molecule has 0 spiro atoms. The van der Waals surface area contributed by atoms with Crippen LogP contribution in [0, 0.1) is 5.82 Å². The summed E-state index contributed by atoms with van der Waals surface area (Å²) in [5, 5.41) is 6.13. The highest BCUT2D eigenvalue weighted by Gasteiger charge is 2.19.